The summed E-state index contributed by atoms with van der Waals surface area (Å²) in [6.07, 6.45) is 0. The molecule has 1 aromatic rings. The van der Waals surface area contributed by atoms with Gasteiger partial charge in [-0.2, -0.15) is 0 Å². The molecule has 3 nitrogen and oxygen atoms in total. The molecule has 0 bridgehead atoms. The largest absolute Gasteiger partial charge is 0.497 e. The molecule has 0 aliphatic rings. The maximum Gasteiger partial charge on any atom is 0.118 e. The first kappa shape index (κ1) is 15.0. The summed E-state index contributed by atoms with van der Waals surface area (Å²) < 4.78 is 5.20. The fourth-order valence-corrected chi connectivity index (χ4v) is 2.51. The standard InChI is InChI=1S/C15H26N2O/c1-6-17(7-2)12(3)15(16-4)13-8-10-14(18-5)11-9-13/h8-12,15-16H,6-7H2,1-5H3. The van der Waals surface area contributed by atoms with Crippen LogP contribution in [0, 0.1) is 0 Å². The zero-order valence-electron chi connectivity index (χ0n) is 12.2. The Morgan fingerprint density at radius 2 is 1.72 bits per heavy atom. The first-order valence-electron chi connectivity index (χ1n) is 6.73. The van der Waals surface area contributed by atoms with Gasteiger partial charge < -0.3 is 10.1 Å². The van der Waals surface area contributed by atoms with E-state index in [4.69, 9.17) is 4.74 Å². The van der Waals surface area contributed by atoms with Crippen LogP contribution in [0.15, 0.2) is 24.3 Å². The van der Waals surface area contributed by atoms with Crippen LogP contribution in [-0.2, 0) is 0 Å². The van der Waals surface area contributed by atoms with Crippen LogP contribution in [0.3, 0.4) is 0 Å². The molecule has 0 saturated heterocycles. The Morgan fingerprint density at radius 3 is 2.11 bits per heavy atom. The lowest BCUT2D eigenvalue weighted by Gasteiger charge is -2.33. The van der Waals surface area contributed by atoms with Crippen molar-refractivity contribution in [2.75, 3.05) is 27.2 Å². The van der Waals surface area contributed by atoms with Crippen molar-refractivity contribution in [1.29, 1.82) is 0 Å². The highest BCUT2D eigenvalue weighted by Crippen LogP contribution is 2.22. The molecule has 2 atom stereocenters. The molecular formula is C15H26N2O. The lowest BCUT2D eigenvalue weighted by atomic mass is 9.99. The lowest BCUT2D eigenvalue weighted by molar-refractivity contribution is 0.190. The minimum atomic E-state index is 0.343. The lowest BCUT2D eigenvalue weighted by Crippen LogP contribution is -2.41. The molecule has 2 unspecified atom stereocenters. The predicted molar refractivity (Wildman–Crippen MR) is 77.2 cm³/mol. The molecule has 1 rings (SSSR count). The number of hydrogen-bond donors (Lipinski definition) is 1. The van der Waals surface area contributed by atoms with Crippen LogP contribution in [0.4, 0.5) is 0 Å². The molecule has 0 spiro atoms. The third kappa shape index (κ3) is 3.47. The van der Waals surface area contributed by atoms with E-state index in [1.807, 2.05) is 19.2 Å². The van der Waals surface area contributed by atoms with E-state index < -0.39 is 0 Å². The summed E-state index contributed by atoms with van der Waals surface area (Å²) in [4.78, 5) is 2.46. The molecule has 0 aliphatic carbocycles. The second-order valence-corrected chi connectivity index (χ2v) is 4.50. The number of hydrogen-bond acceptors (Lipinski definition) is 3. The number of likely N-dealkylation sites (N-methyl/N-ethyl adjacent to an activating group) is 2. The second kappa shape index (κ2) is 7.39. The van der Waals surface area contributed by atoms with Gasteiger partial charge in [-0.1, -0.05) is 26.0 Å². The molecule has 3 heteroatoms. The quantitative estimate of drug-likeness (QED) is 0.805. The van der Waals surface area contributed by atoms with Crippen molar-refractivity contribution in [2.45, 2.75) is 32.9 Å². The van der Waals surface area contributed by atoms with Crippen LogP contribution in [0.25, 0.3) is 0 Å². The van der Waals surface area contributed by atoms with Crippen molar-refractivity contribution in [3.63, 3.8) is 0 Å². The van der Waals surface area contributed by atoms with Crippen LogP contribution >= 0.6 is 0 Å². The van der Waals surface area contributed by atoms with Gasteiger partial charge in [0.25, 0.3) is 0 Å². The van der Waals surface area contributed by atoms with Crippen LogP contribution in [-0.4, -0.2) is 38.2 Å². The first-order valence-corrected chi connectivity index (χ1v) is 6.73. The Hall–Kier alpha value is -1.06. The molecule has 0 saturated carbocycles. The maximum atomic E-state index is 5.20. The zero-order valence-corrected chi connectivity index (χ0v) is 12.2. The Kier molecular flexibility index (Phi) is 6.16. The third-order valence-electron chi connectivity index (χ3n) is 3.66. The fourth-order valence-electron chi connectivity index (χ4n) is 2.51. The molecule has 18 heavy (non-hydrogen) atoms. The summed E-state index contributed by atoms with van der Waals surface area (Å²) in [6, 6.07) is 9.14. The van der Waals surface area contributed by atoms with Gasteiger partial charge >= 0.3 is 0 Å². The summed E-state index contributed by atoms with van der Waals surface area (Å²) in [7, 11) is 3.72. The molecule has 0 radical (unpaired) electrons. The van der Waals surface area contributed by atoms with E-state index in [0.29, 0.717) is 12.1 Å². The number of methoxy groups -OCH3 is 1. The van der Waals surface area contributed by atoms with Crippen molar-refractivity contribution in [3.8, 4) is 5.75 Å². The van der Waals surface area contributed by atoms with E-state index >= 15 is 0 Å². The molecule has 102 valence electrons. The second-order valence-electron chi connectivity index (χ2n) is 4.50. The summed E-state index contributed by atoms with van der Waals surface area (Å²) in [6.45, 7) is 8.85. The Labute approximate surface area is 111 Å². The Balaban J connectivity index is 2.86. The molecule has 0 aromatic heterocycles. The molecule has 1 aromatic carbocycles. The highest BCUT2D eigenvalue weighted by molar-refractivity contribution is 5.29. The molecule has 1 N–H and O–H groups in total. The monoisotopic (exact) mass is 250 g/mol. The molecular weight excluding hydrogens is 224 g/mol. The molecule has 0 amide bonds. The maximum absolute atomic E-state index is 5.20. The molecule has 0 fully saturated rings. The van der Waals surface area contributed by atoms with Gasteiger partial charge in [0.05, 0.1) is 7.11 Å². The zero-order chi connectivity index (χ0) is 13.5. The smallest absolute Gasteiger partial charge is 0.118 e. The topological polar surface area (TPSA) is 24.5 Å². The van der Waals surface area contributed by atoms with Gasteiger partial charge in [-0.25, -0.2) is 0 Å². The normalized spacial score (nSPS) is 14.6. The Bertz CT molecular complexity index is 333. The summed E-state index contributed by atoms with van der Waals surface area (Å²) in [5, 5.41) is 3.42. The first-order chi connectivity index (χ1) is 8.67. The van der Waals surface area contributed by atoms with Gasteiger partial charge in [0.2, 0.25) is 0 Å². The minimum Gasteiger partial charge on any atom is -0.497 e. The van der Waals surface area contributed by atoms with Gasteiger partial charge in [0.1, 0.15) is 5.75 Å². The van der Waals surface area contributed by atoms with E-state index in [1.54, 1.807) is 7.11 Å². The van der Waals surface area contributed by atoms with Crippen molar-refractivity contribution < 1.29 is 4.74 Å². The van der Waals surface area contributed by atoms with E-state index in [0.717, 1.165) is 18.8 Å². The average Bonchev–Trinajstić information content (AvgIpc) is 2.42. The van der Waals surface area contributed by atoms with Gasteiger partial charge in [-0.15, -0.1) is 0 Å². The van der Waals surface area contributed by atoms with Crippen LogP contribution in [0.5, 0.6) is 5.75 Å². The van der Waals surface area contributed by atoms with E-state index in [9.17, 15) is 0 Å². The number of benzene rings is 1. The number of nitrogens with zero attached hydrogens (tertiary/aromatic N) is 1. The van der Waals surface area contributed by atoms with Gasteiger partial charge in [-0.05, 0) is 44.8 Å². The highest BCUT2D eigenvalue weighted by Gasteiger charge is 2.21. The summed E-state index contributed by atoms with van der Waals surface area (Å²) in [5.41, 5.74) is 1.30. The van der Waals surface area contributed by atoms with Crippen molar-refractivity contribution in [2.24, 2.45) is 0 Å². The Morgan fingerprint density at radius 1 is 1.17 bits per heavy atom. The predicted octanol–water partition coefficient (Wildman–Crippen LogP) is 2.69. The number of ether oxygens (including phenoxy) is 1. The summed E-state index contributed by atoms with van der Waals surface area (Å²) >= 11 is 0. The SMILES string of the molecule is CCN(CC)C(C)C(NC)c1ccc(OC)cc1. The fraction of sp³-hybridized carbons (Fsp3) is 0.600. The van der Waals surface area contributed by atoms with Gasteiger partial charge in [-0.3, -0.25) is 4.90 Å². The van der Waals surface area contributed by atoms with E-state index in [1.165, 1.54) is 5.56 Å². The molecule has 0 heterocycles. The van der Waals surface area contributed by atoms with Crippen molar-refractivity contribution in [3.05, 3.63) is 29.8 Å². The van der Waals surface area contributed by atoms with Crippen LogP contribution < -0.4 is 10.1 Å². The molecule has 0 aliphatic heterocycles. The minimum absolute atomic E-state index is 0.343. The van der Waals surface area contributed by atoms with Crippen LogP contribution in [0.1, 0.15) is 32.4 Å². The third-order valence-corrected chi connectivity index (χ3v) is 3.66. The van der Waals surface area contributed by atoms with Crippen LogP contribution in [0.2, 0.25) is 0 Å². The number of rotatable bonds is 7. The highest BCUT2D eigenvalue weighted by atomic mass is 16.5. The number of nitrogens with one attached hydrogen (secondary N) is 1. The van der Waals surface area contributed by atoms with E-state index in [-0.39, 0.29) is 0 Å². The average molecular weight is 250 g/mol. The van der Waals surface area contributed by atoms with Crippen molar-refractivity contribution >= 4 is 0 Å². The summed E-state index contributed by atoms with van der Waals surface area (Å²) in [5.74, 6) is 0.907. The van der Waals surface area contributed by atoms with Crippen molar-refractivity contribution in [1.82, 2.24) is 10.2 Å². The van der Waals surface area contributed by atoms with Gasteiger partial charge in [0.15, 0.2) is 0 Å². The van der Waals surface area contributed by atoms with E-state index in [2.05, 4.69) is 43.1 Å². The van der Waals surface area contributed by atoms with Gasteiger partial charge in [0, 0.05) is 12.1 Å².